The van der Waals surface area contributed by atoms with Crippen LogP contribution in [-0.4, -0.2) is 45.0 Å². The highest BCUT2D eigenvalue weighted by molar-refractivity contribution is 5.83. The molecule has 5 nitrogen and oxygen atoms in total. The summed E-state index contributed by atoms with van der Waals surface area (Å²) in [5.74, 6) is -2.33. The second kappa shape index (κ2) is 4.74. The fourth-order valence-corrected chi connectivity index (χ4v) is 3.36. The van der Waals surface area contributed by atoms with Gasteiger partial charge in [-0.15, -0.1) is 0 Å². The molecule has 1 aliphatic carbocycles. The molecule has 116 valence electrons. The van der Waals surface area contributed by atoms with Gasteiger partial charge >= 0.3 is 0 Å². The van der Waals surface area contributed by atoms with E-state index in [-0.39, 0.29) is 24.2 Å². The number of nitrogens with zero attached hydrogens (tertiary/aromatic N) is 3. The third kappa shape index (κ3) is 2.32. The fraction of sp³-hybridized carbons (Fsp3) is 0.786. The predicted octanol–water partition coefficient (Wildman–Crippen LogP) is 2.19. The van der Waals surface area contributed by atoms with Gasteiger partial charge in [-0.05, 0) is 18.8 Å². The van der Waals surface area contributed by atoms with Gasteiger partial charge in [-0.25, -0.2) is 13.8 Å². The lowest BCUT2D eigenvalue weighted by atomic mass is 9.89. The number of carbonyl (C=O) groups is 1. The van der Waals surface area contributed by atoms with E-state index >= 15 is 0 Å². The molecule has 0 aromatic carbocycles. The van der Waals surface area contributed by atoms with Crippen LogP contribution in [0.3, 0.4) is 0 Å². The first-order valence-corrected chi connectivity index (χ1v) is 7.38. The van der Waals surface area contributed by atoms with Crippen LogP contribution in [0.15, 0.2) is 6.33 Å². The van der Waals surface area contributed by atoms with Crippen molar-refractivity contribution in [3.8, 4) is 0 Å². The number of rotatable bonds is 3. The highest BCUT2D eigenvalue weighted by Gasteiger charge is 2.70. The average molecular weight is 298 g/mol. The lowest BCUT2D eigenvalue weighted by Crippen LogP contribution is -2.44. The Morgan fingerprint density at radius 2 is 2.00 bits per heavy atom. The minimum Gasteiger partial charge on any atom is -0.342 e. The largest absolute Gasteiger partial charge is 0.342 e. The first kappa shape index (κ1) is 14.4. The van der Waals surface area contributed by atoms with Gasteiger partial charge in [0, 0.05) is 24.9 Å². The second-order valence-corrected chi connectivity index (χ2v) is 6.58. The molecule has 1 saturated carbocycles. The Morgan fingerprint density at radius 1 is 1.38 bits per heavy atom. The third-order valence-corrected chi connectivity index (χ3v) is 4.90. The molecule has 1 aromatic heterocycles. The van der Waals surface area contributed by atoms with E-state index in [1.165, 1.54) is 6.33 Å². The van der Waals surface area contributed by atoms with Crippen LogP contribution in [0.2, 0.25) is 0 Å². The summed E-state index contributed by atoms with van der Waals surface area (Å²) in [5, 5.41) is 6.55. The molecule has 1 amide bonds. The standard InChI is InChI=1S/C14H20F2N4O/c1-9(2)10(11-17-8-18-19-11)12(21)20-5-3-13(4-6-20)7-14(13,15)16/h8-10H,3-7H2,1-2H3,(H,17,18,19). The molecular formula is C14H20F2N4O. The van der Waals surface area contributed by atoms with Gasteiger partial charge in [0.2, 0.25) is 5.91 Å². The second-order valence-electron chi connectivity index (χ2n) is 6.58. The number of hydrogen-bond acceptors (Lipinski definition) is 3. The Balaban J connectivity index is 1.68. The molecule has 1 aromatic rings. The molecule has 3 rings (SSSR count). The minimum absolute atomic E-state index is 0.0161. The number of H-pyrrole nitrogens is 1. The van der Waals surface area contributed by atoms with Gasteiger partial charge in [-0.2, -0.15) is 5.10 Å². The number of aromatic amines is 1. The molecular weight excluding hydrogens is 278 g/mol. The van der Waals surface area contributed by atoms with E-state index in [0.29, 0.717) is 31.8 Å². The quantitative estimate of drug-likeness (QED) is 0.930. The van der Waals surface area contributed by atoms with Crippen molar-refractivity contribution in [2.45, 2.75) is 45.0 Å². The molecule has 2 fully saturated rings. The summed E-state index contributed by atoms with van der Waals surface area (Å²) in [7, 11) is 0. The number of halogens is 2. The molecule has 1 unspecified atom stereocenters. The summed E-state index contributed by atoms with van der Waals surface area (Å²) in [6.07, 6.45) is 2.16. The number of piperidine rings is 1. The highest BCUT2D eigenvalue weighted by atomic mass is 19.3. The zero-order chi connectivity index (χ0) is 15.3. The van der Waals surface area contributed by atoms with Crippen LogP contribution in [0.5, 0.6) is 0 Å². The van der Waals surface area contributed by atoms with Crippen LogP contribution in [0, 0.1) is 11.3 Å². The van der Waals surface area contributed by atoms with E-state index in [4.69, 9.17) is 0 Å². The van der Waals surface area contributed by atoms with Crippen molar-refractivity contribution in [3.63, 3.8) is 0 Å². The minimum atomic E-state index is -2.52. The van der Waals surface area contributed by atoms with Crippen LogP contribution >= 0.6 is 0 Å². The van der Waals surface area contributed by atoms with E-state index < -0.39 is 11.3 Å². The van der Waals surface area contributed by atoms with Crippen LogP contribution < -0.4 is 0 Å². The molecule has 1 spiro atoms. The Bertz CT molecular complexity index is 521. The van der Waals surface area contributed by atoms with Crippen LogP contribution in [0.4, 0.5) is 8.78 Å². The monoisotopic (exact) mass is 298 g/mol. The Hall–Kier alpha value is -1.53. The van der Waals surface area contributed by atoms with Crippen LogP contribution in [0.25, 0.3) is 0 Å². The van der Waals surface area contributed by atoms with E-state index in [1.807, 2.05) is 13.8 Å². The molecule has 1 saturated heterocycles. The van der Waals surface area contributed by atoms with E-state index in [9.17, 15) is 13.6 Å². The van der Waals surface area contributed by atoms with Gasteiger partial charge in [0.15, 0.2) is 0 Å². The Labute approximate surface area is 122 Å². The Morgan fingerprint density at radius 3 is 2.43 bits per heavy atom. The summed E-state index contributed by atoms with van der Waals surface area (Å²) >= 11 is 0. The number of aromatic nitrogens is 3. The van der Waals surface area contributed by atoms with Crippen molar-refractivity contribution in [1.29, 1.82) is 0 Å². The smallest absolute Gasteiger partial charge is 0.254 e. The van der Waals surface area contributed by atoms with Crippen molar-refractivity contribution in [3.05, 3.63) is 12.2 Å². The number of alkyl halides is 2. The van der Waals surface area contributed by atoms with Gasteiger partial charge in [0.1, 0.15) is 12.2 Å². The van der Waals surface area contributed by atoms with Gasteiger partial charge < -0.3 is 4.90 Å². The number of nitrogens with one attached hydrogen (secondary N) is 1. The maximum absolute atomic E-state index is 13.4. The van der Waals surface area contributed by atoms with Crippen LogP contribution in [-0.2, 0) is 4.79 Å². The summed E-state index contributed by atoms with van der Waals surface area (Å²) in [5.41, 5.74) is -0.830. The fourth-order valence-electron chi connectivity index (χ4n) is 3.36. The van der Waals surface area contributed by atoms with Gasteiger partial charge in [-0.1, -0.05) is 13.8 Å². The Kier molecular flexibility index (Phi) is 3.26. The third-order valence-electron chi connectivity index (χ3n) is 4.90. The normalized spacial score (nSPS) is 24.3. The zero-order valence-corrected chi connectivity index (χ0v) is 12.3. The lowest BCUT2D eigenvalue weighted by molar-refractivity contribution is -0.136. The van der Waals surface area contributed by atoms with Gasteiger partial charge in [0.25, 0.3) is 5.92 Å². The van der Waals surface area contributed by atoms with Crippen molar-refractivity contribution in [2.24, 2.45) is 11.3 Å². The molecule has 2 heterocycles. The first-order valence-electron chi connectivity index (χ1n) is 7.38. The maximum atomic E-state index is 13.4. The number of amides is 1. The van der Waals surface area contributed by atoms with E-state index in [2.05, 4.69) is 15.2 Å². The zero-order valence-electron chi connectivity index (χ0n) is 12.3. The lowest BCUT2D eigenvalue weighted by Gasteiger charge is -2.35. The first-order chi connectivity index (χ1) is 9.86. The van der Waals surface area contributed by atoms with Crippen molar-refractivity contribution in [2.75, 3.05) is 13.1 Å². The van der Waals surface area contributed by atoms with Crippen LogP contribution in [0.1, 0.15) is 44.9 Å². The van der Waals surface area contributed by atoms with Gasteiger partial charge in [-0.3, -0.25) is 9.89 Å². The summed E-state index contributed by atoms with van der Waals surface area (Å²) < 4.78 is 26.8. The molecule has 1 aliphatic heterocycles. The van der Waals surface area contributed by atoms with Gasteiger partial charge in [0.05, 0.1) is 5.92 Å². The summed E-state index contributed by atoms with van der Waals surface area (Å²) in [6.45, 7) is 4.72. The molecule has 21 heavy (non-hydrogen) atoms. The predicted molar refractivity (Wildman–Crippen MR) is 71.8 cm³/mol. The molecule has 7 heteroatoms. The molecule has 0 radical (unpaired) electrons. The highest BCUT2D eigenvalue weighted by Crippen LogP contribution is 2.65. The molecule has 1 atom stereocenters. The van der Waals surface area contributed by atoms with Crippen molar-refractivity contribution in [1.82, 2.24) is 20.1 Å². The molecule has 0 bridgehead atoms. The molecule has 2 aliphatic rings. The average Bonchev–Trinajstić information content (AvgIpc) is 2.81. The summed E-state index contributed by atoms with van der Waals surface area (Å²) in [4.78, 5) is 18.5. The summed E-state index contributed by atoms with van der Waals surface area (Å²) in [6, 6.07) is 0. The number of hydrogen-bond donors (Lipinski definition) is 1. The van der Waals surface area contributed by atoms with Crippen molar-refractivity contribution < 1.29 is 13.6 Å². The van der Waals surface area contributed by atoms with E-state index in [1.54, 1.807) is 4.90 Å². The van der Waals surface area contributed by atoms with Crippen molar-refractivity contribution >= 4 is 5.91 Å². The number of likely N-dealkylation sites (tertiary alicyclic amines) is 1. The topological polar surface area (TPSA) is 61.9 Å². The SMILES string of the molecule is CC(C)C(C(=O)N1CCC2(CC1)CC2(F)F)c1ncn[nH]1. The van der Waals surface area contributed by atoms with E-state index in [0.717, 1.165) is 0 Å². The maximum Gasteiger partial charge on any atom is 0.254 e. The molecule has 1 N–H and O–H groups in total. The number of carbonyl (C=O) groups excluding carboxylic acids is 1.